The molecular weight excluding hydrogens is 332 g/mol. The average Bonchev–Trinajstić information content (AvgIpc) is 3.30. The van der Waals surface area contributed by atoms with Crippen LogP contribution in [-0.4, -0.2) is 29.3 Å². The highest BCUT2D eigenvalue weighted by atomic mass is 16.3. The first kappa shape index (κ1) is 16.3. The maximum Gasteiger partial charge on any atom is 0.295 e. The molecule has 0 N–H and O–H groups in total. The summed E-state index contributed by atoms with van der Waals surface area (Å²) in [4.78, 5) is 41.0. The molecule has 1 aliphatic carbocycles. The maximum atomic E-state index is 12.9. The fourth-order valence-electron chi connectivity index (χ4n) is 3.55. The van der Waals surface area contributed by atoms with Gasteiger partial charge in [0, 0.05) is 5.69 Å². The SMILES string of the molecule is O=C1[C@@H]2CC=CC[C@H]2C(=O)N1CN(C(=O)c1ccco1)c1ccccc1. The van der Waals surface area contributed by atoms with Crippen LogP contribution in [0, 0.1) is 11.8 Å². The van der Waals surface area contributed by atoms with Crippen LogP contribution < -0.4 is 4.90 Å². The fourth-order valence-corrected chi connectivity index (χ4v) is 3.55. The van der Waals surface area contributed by atoms with E-state index < -0.39 is 5.91 Å². The number of amides is 3. The van der Waals surface area contributed by atoms with E-state index in [2.05, 4.69) is 0 Å². The van der Waals surface area contributed by atoms with Gasteiger partial charge < -0.3 is 4.42 Å². The van der Waals surface area contributed by atoms with Gasteiger partial charge in [0.25, 0.3) is 5.91 Å². The van der Waals surface area contributed by atoms with E-state index in [4.69, 9.17) is 4.42 Å². The van der Waals surface area contributed by atoms with Gasteiger partial charge in [-0.05, 0) is 37.1 Å². The zero-order chi connectivity index (χ0) is 18.1. The van der Waals surface area contributed by atoms with Crippen molar-refractivity contribution in [2.45, 2.75) is 12.8 Å². The Morgan fingerprint density at radius 1 is 1.00 bits per heavy atom. The second-order valence-corrected chi connectivity index (χ2v) is 6.45. The topological polar surface area (TPSA) is 70.8 Å². The second-order valence-electron chi connectivity index (χ2n) is 6.45. The minimum atomic E-state index is -0.394. The van der Waals surface area contributed by atoms with Crippen LogP contribution in [-0.2, 0) is 9.59 Å². The van der Waals surface area contributed by atoms with E-state index >= 15 is 0 Å². The van der Waals surface area contributed by atoms with Crippen LogP contribution in [0.2, 0.25) is 0 Å². The van der Waals surface area contributed by atoms with Crippen LogP contribution in [0.25, 0.3) is 0 Å². The Morgan fingerprint density at radius 2 is 1.65 bits per heavy atom. The highest BCUT2D eigenvalue weighted by molar-refractivity contribution is 6.08. The van der Waals surface area contributed by atoms with Gasteiger partial charge in [-0.25, -0.2) is 0 Å². The molecule has 4 rings (SSSR count). The molecule has 1 aliphatic heterocycles. The number of nitrogens with zero attached hydrogens (tertiary/aromatic N) is 2. The zero-order valence-electron chi connectivity index (χ0n) is 14.1. The van der Waals surface area contributed by atoms with Crippen molar-refractivity contribution >= 4 is 23.4 Å². The average molecular weight is 350 g/mol. The third kappa shape index (κ3) is 2.73. The number of furan rings is 1. The van der Waals surface area contributed by atoms with E-state index in [1.54, 1.807) is 36.4 Å². The Balaban J connectivity index is 1.64. The Morgan fingerprint density at radius 3 is 2.23 bits per heavy atom. The molecule has 2 heterocycles. The third-order valence-electron chi connectivity index (χ3n) is 4.93. The number of carbonyl (C=O) groups excluding carboxylic acids is 3. The number of anilines is 1. The number of benzene rings is 1. The maximum absolute atomic E-state index is 12.9. The molecule has 2 atom stereocenters. The lowest BCUT2D eigenvalue weighted by Crippen LogP contribution is -2.44. The van der Waals surface area contributed by atoms with Gasteiger partial charge in [-0.3, -0.25) is 24.2 Å². The van der Waals surface area contributed by atoms with E-state index in [1.165, 1.54) is 16.1 Å². The summed E-state index contributed by atoms with van der Waals surface area (Å²) in [7, 11) is 0. The minimum Gasteiger partial charge on any atom is -0.459 e. The lowest BCUT2D eigenvalue weighted by molar-refractivity contribution is -0.139. The van der Waals surface area contributed by atoms with Crippen molar-refractivity contribution in [3.05, 3.63) is 66.6 Å². The summed E-state index contributed by atoms with van der Waals surface area (Å²) in [5.41, 5.74) is 0.600. The number of fused-ring (bicyclic) bond motifs is 1. The summed E-state index contributed by atoms with van der Waals surface area (Å²) in [5, 5.41) is 0. The van der Waals surface area contributed by atoms with Gasteiger partial charge in [0.2, 0.25) is 11.8 Å². The summed E-state index contributed by atoms with van der Waals surface area (Å²) in [6.07, 6.45) is 6.45. The van der Waals surface area contributed by atoms with Gasteiger partial charge in [-0.15, -0.1) is 0 Å². The van der Waals surface area contributed by atoms with Crippen LogP contribution >= 0.6 is 0 Å². The fraction of sp³-hybridized carbons (Fsp3) is 0.250. The van der Waals surface area contributed by atoms with Crippen molar-refractivity contribution in [1.82, 2.24) is 4.90 Å². The molecule has 26 heavy (non-hydrogen) atoms. The molecule has 132 valence electrons. The predicted octanol–water partition coefficient (Wildman–Crippen LogP) is 2.84. The highest BCUT2D eigenvalue weighted by Crippen LogP contribution is 2.35. The summed E-state index contributed by atoms with van der Waals surface area (Å²) >= 11 is 0. The molecule has 0 radical (unpaired) electrons. The molecule has 1 aromatic heterocycles. The van der Waals surface area contributed by atoms with Gasteiger partial charge in [-0.1, -0.05) is 30.4 Å². The quantitative estimate of drug-likeness (QED) is 0.628. The Hall–Kier alpha value is -3.15. The largest absolute Gasteiger partial charge is 0.459 e. The van der Waals surface area contributed by atoms with Crippen molar-refractivity contribution in [3.63, 3.8) is 0 Å². The van der Waals surface area contributed by atoms with E-state index in [-0.39, 0.29) is 36.1 Å². The molecule has 6 nitrogen and oxygen atoms in total. The first-order valence-electron chi connectivity index (χ1n) is 8.57. The summed E-state index contributed by atoms with van der Waals surface area (Å²) in [6.45, 7) is -0.117. The molecule has 1 aromatic carbocycles. The van der Waals surface area contributed by atoms with Gasteiger partial charge in [0.15, 0.2) is 5.76 Å². The molecule has 0 spiro atoms. The van der Waals surface area contributed by atoms with Gasteiger partial charge in [0.05, 0.1) is 18.1 Å². The zero-order valence-corrected chi connectivity index (χ0v) is 14.1. The van der Waals surface area contributed by atoms with Crippen LogP contribution in [0.5, 0.6) is 0 Å². The number of allylic oxidation sites excluding steroid dienone is 2. The number of rotatable bonds is 4. The molecule has 2 aliphatic rings. The second kappa shape index (κ2) is 6.63. The van der Waals surface area contributed by atoms with Gasteiger partial charge in [-0.2, -0.15) is 0 Å². The number of likely N-dealkylation sites (tertiary alicyclic amines) is 1. The Kier molecular flexibility index (Phi) is 4.16. The van der Waals surface area contributed by atoms with Crippen molar-refractivity contribution in [2.75, 3.05) is 11.6 Å². The monoisotopic (exact) mass is 350 g/mol. The highest BCUT2D eigenvalue weighted by Gasteiger charge is 2.48. The summed E-state index contributed by atoms with van der Waals surface area (Å²) in [5.74, 6) is -1.29. The molecule has 2 aromatic rings. The summed E-state index contributed by atoms with van der Waals surface area (Å²) < 4.78 is 5.22. The molecular formula is C20H18N2O4. The lowest BCUT2D eigenvalue weighted by Gasteiger charge is -2.26. The Bertz CT molecular complexity index is 831. The normalized spacial score (nSPS) is 21.8. The number of hydrogen-bond acceptors (Lipinski definition) is 4. The lowest BCUT2D eigenvalue weighted by atomic mass is 9.85. The van der Waals surface area contributed by atoms with E-state index in [0.717, 1.165) is 0 Å². The molecule has 3 amide bonds. The standard InChI is InChI=1S/C20H18N2O4/c23-18-15-9-4-5-10-16(15)19(24)22(18)13-21(14-7-2-1-3-8-14)20(25)17-11-6-12-26-17/h1-8,11-12,15-16H,9-10,13H2/t15-,16-/m1/s1. The van der Waals surface area contributed by atoms with Crippen LogP contribution in [0.1, 0.15) is 23.4 Å². The third-order valence-corrected chi connectivity index (χ3v) is 4.93. The van der Waals surface area contributed by atoms with E-state index in [0.29, 0.717) is 18.5 Å². The molecule has 6 heteroatoms. The van der Waals surface area contributed by atoms with Crippen LogP contribution in [0.15, 0.2) is 65.3 Å². The Labute approximate surface area is 150 Å². The van der Waals surface area contributed by atoms with E-state index in [1.807, 2.05) is 18.2 Å². The molecule has 0 unspecified atom stereocenters. The van der Waals surface area contributed by atoms with Crippen molar-refractivity contribution in [2.24, 2.45) is 11.8 Å². The number of para-hydroxylation sites is 1. The van der Waals surface area contributed by atoms with Crippen molar-refractivity contribution in [1.29, 1.82) is 0 Å². The predicted molar refractivity (Wildman–Crippen MR) is 94.0 cm³/mol. The number of imide groups is 1. The van der Waals surface area contributed by atoms with E-state index in [9.17, 15) is 14.4 Å². The molecule has 1 saturated heterocycles. The summed E-state index contributed by atoms with van der Waals surface area (Å²) in [6, 6.07) is 12.2. The molecule has 1 fully saturated rings. The van der Waals surface area contributed by atoms with Crippen molar-refractivity contribution in [3.8, 4) is 0 Å². The van der Waals surface area contributed by atoms with Gasteiger partial charge >= 0.3 is 0 Å². The first-order valence-corrected chi connectivity index (χ1v) is 8.57. The molecule has 0 bridgehead atoms. The molecule has 0 saturated carbocycles. The van der Waals surface area contributed by atoms with Crippen LogP contribution in [0.4, 0.5) is 5.69 Å². The number of hydrogen-bond donors (Lipinski definition) is 0. The van der Waals surface area contributed by atoms with Gasteiger partial charge in [0.1, 0.15) is 6.67 Å². The smallest absolute Gasteiger partial charge is 0.295 e. The minimum absolute atomic E-state index is 0.117. The first-order chi connectivity index (χ1) is 12.7. The number of carbonyl (C=O) groups is 3. The van der Waals surface area contributed by atoms with Crippen LogP contribution in [0.3, 0.4) is 0 Å². The van der Waals surface area contributed by atoms with Crippen molar-refractivity contribution < 1.29 is 18.8 Å².